The summed E-state index contributed by atoms with van der Waals surface area (Å²) in [6, 6.07) is -0.175. The maximum Gasteiger partial charge on any atom is 0.243 e. The fourth-order valence-electron chi connectivity index (χ4n) is 4.35. The van der Waals surface area contributed by atoms with E-state index in [1.165, 1.54) is 0 Å². The minimum absolute atomic E-state index is 0.0356. The van der Waals surface area contributed by atoms with E-state index in [2.05, 4.69) is 10.2 Å². The van der Waals surface area contributed by atoms with Crippen LogP contribution in [0.15, 0.2) is 0 Å². The Morgan fingerprint density at radius 1 is 1.30 bits per heavy atom. The molecule has 0 radical (unpaired) electrons. The number of morpholine rings is 1. The second-order valence-corrected chi connectivity index (χ2v) is 7.32. The van der Waals surface area contributed by atoms with Gasteiger partial charge >= 0.3 is 0 Å². The second kappa shape index (κ2) is 6.77. The highest BCUT2D eigenvalue weighted by molar-refractivity contribution is 6.02. The van der Waals surface area contributed by atoms with Crippen molar-refractivity contribution in [3.8, 4) is 0 Å². The van der Waals surface area contributed by atoms with Crippen molar-refractivity contribution in [2.24, 2.45) is 5.41 Å². The molecule has 1 N–H and O–H groups in total. The third-order valence-electron chi connectivity index (χ3n) is 5.59. The fraction of sp³-hybridized carbons (Fsp3) is 0.882. The van der Waals surface area contributed by atoms with E-state index < -0.39 is 5.41 Å². The third kappa shape index (κ3) is 2.98. The zero-order valence-electron chi connectivity index (χ0n) is 14.3. The van der Waals surface area contributed by atoms with Crippen LogP contribution in [-0.2, 0) is 14.3 Å². The molecular weight excluding hydrogens is 294 g/mol. The van der Waals surface area contributed by atoms with Crippen LogP contribution in [-0.4, -0.2) is 73.1 Å². The quantitative estimate of drug-likeness (QED) is 0.753. The summed E-state index contributed by atoms with van der Waals surface area (Å²) in [6.45, 7) is 8.89. The summed E-state index contributed by atoms with van der Waals surface area (Å²) in [5.41, 5.74) is -0.396. The van der Waals surface area contributed by atoms with E-state index in [0.29, 0.717) is 6.54 Å². The van der Waals surface area contributed by atoms with Crippen molar-refractivity contribution in [3.05, 3.63) is 0 Å². The Morgan fingerprint density at radius 3 is 2.57 bits per heavy atom. The van der Waals surface area contributed by atoms with E-state index in [0.717, 1.165) is 58.5 Å². The predicted octanol–water partition coefficient (Wildman–Crippen LogP) is 0.614. The molecule has 1 spiro atoms. The van der Waals surface area contributed by atoms with Gasteiger partial charge in [-0.05, 0) is 26.7 Å². The lowest BCUT2D eigenvalue weighted by atomic mass is 9.68. The Labute approximate surface area is 138 Å². The zero-order chi connectivity index (χ0) is 16.4. The van der Waals surface area contributed by atoms with E-state index in [1.54, 1.807) is 4.90 Å². The van der Waals surface area contributed by atoms with Crippen molar-refractivity contribution < 1.29 is 14.3 Å². The maximum atomic E-state index is 12.7. The Morgan fingerprint density at radius 2 is 1.96 bits per heavy atom. The standard InChI is InChI=1S/C17H29N3O3/c1-13(2)20-14(17(16(20)22)5-3-4-6-17)15(21)18-7-8-19-9-11-23-12-10-19/h13-14H,3-12H2,1-2H3,(H,18,21). The van der Waals surface area contributed by atoms with Gasteiger partial charge in [-0.1, -0.05) is 12.8 Å². The van der Waals surface area contributed by atoms with Crippen LogP contribution in [0.2, 0.25) is 0 Å². The van der Waals surface area contributed by atoms with Gasteiger partial charge in [-0.25, -0.2) is 0 Å². The van der Waals surface area contributed by atoms with Crippen LogP contribution in [0.1, 0.15) is 39.5 Å². The van der Waals surface area contributed by atoms with Gasteiger partial charge in [0.05, 0.1) is 18.6 Å². The van der Waals surface area contributed by atoms with Gasteiger partial charge in [-0.2, -0.15) is 0 Å². The fourth-order valence-corrected chi connectivity index (χ4v) is 4.35. The summed E-state index contributed by atoms with van der Waals surface area (Å²) in [6.07, 6.45) is 3.87. The molecular formula is C17H29N3O3. The Balaban J connectivity index is 1.56. The molecule has 2 amide bonds. The highest BCUT2D eigenvalue weighted by Crippen LogP contribution is 2.52. The topological polar surface area (TPSA) is 61.9 Å². The lowest BCUT2D eigenvalue weighted by Crippen LogP contribution is -2.74. The summed E-state index contributed by atoms with van der Waals surface area (Å²) >= 11 is 0. The molecule has 23 heavy (non-hydrogen) atoms. The molecule has 1 atom stereocenters. The SMILES string of the molecule is CC(C)N1C(=O)C2(CCCC2)C1C(=O)NCCN1CCOCC1. The number of carbonyl (C=O) groups is 2. The number of hydrogen-bond acceptors (Lipinski definition) is 4. The minimum atomic E-state index is -0.396. The number of amides is 2. The molecule has 0 aromatic carbocycles. The highest BCUT2D eigenvalue weighted by Gasteiger charge is 2.64. The van der Waals surface area contributed by atoms with Gasteiger partial charge in [0.25, 0.3) is 0 Å². The van der Waals surface area contributed by atoms with E-state index in [1.807, 2.05) is 13.8 Å². The number of ether oxygens (including phenoxy) is 1. The van der Waals surface area contributed by atoms with Gasteiger partial charge in [0.1, 0.15) is 6.04 Å². The van der Waals surface area contributed by atoms with Gasteiger partial charge in [-0.15, -0.1) is 0 Å². The smallest absolute Gasteiger partial charge is 0.243 e. The summed E-state index contributed by atoms with van der Waals surface area (Å²) in [4.78, 5) is 29.4. The van der Waals surface area contributed by atoms with Crippen molar-refractivity contribution >= 4 is 11.8 Å². The summed E-state index contributed by atoms with van der Waals surface area (Å²) < 4.78 is 5.33. The molecule has 3 rings (SSSR count). The van der Waals surface area contributed by atoms with Crippen LogP contribution in [0.4, 0.5) is 0 Å². The van der Waals surface area contributed by atoms with Crippen molar-refractivity contribution in [1.29, 1.82) is 0 Å². The molecule has 0 aromatic heterocycles. The van der Waals surface area contributed by atoms with Crippen molar-refractivity contribution in [1.82, 2.24) is 15.1 Å². The lowest BCUT2D eigenvalue weighted by Gasteiger charge is -2.55. The van der Waals surface area contributed by atoms with Crippen molar-refractivity contribution in [3.63, 3.8) is 0 Å². The molecule has 6 nitrogen and oxygen atoms in total. The number of hydrogen-bond donors (Lipinski definition) is 1. The Kier molecular flexibility index (Phi) is 4.92. The van der Waals surface area contributed by atoms with Gasteiger partial charge in [-0.3, -0.25) is 14.5 Å². The number of nitrogens with one attached hydrogen (secondary N) is 1. The molecule has 0 aromatic rings. The minimum Gasteiger partial charge on any atom is -0.379 e. The Hall–Kier alpha value is -1.14. The van der Waals surface area contributed by atoms with E-state index >= 15 is 0 Å². The highest BCUT2D eigenvalue weighted by atomic mass is 16.5. The molecule has 0 bridgehead atoms. The summed E-state index contributed by atoms with van der Waals surface area (Å²) in [5.74, 6) is 0.229. The number of rotatable bonds is 5. The monoisotopic (exact) mass is 323 g/mol. The summed E-state index contributed by atoms with van der Waals surface area (Å²) in [5, 5.41) is 3.07. The molecule has 3 fully saturated rings. The Bertz CT molecular complexity index is 454. The van der Waals surface area contributed by atoms with E-state index in [4.69, 9.17) is 4.74 Å². The van der Waals surface area contributed by atoms with Crippen LogP contribution in [0, 0.1) is 5.41 Å². The lowest BCUT2D eigenvalue weighted by molar-refractivity contribution is -0.181. The molecule has 1 saturated carbocycles. The molecule has 2 heterocycles. The number of nitrogens with zero attached hydrogens (tertiary/aromatic N) is 2. The van der Waals surface area contributed by atoms with Crippen LogP contribution in [0.3, 0.4) is 0 Å². The molecule has 6 heteroatoms. The zero-order valence-corrected chi connectivity index (χ0v) is 14.3. The number of likely N-dealkylation sites (tertiary alicyclic amines) is 1. The number of β-lactam (4-membered cyclic amide) rings is 1. The van der Waals surface area contributed by atoms with Crippen molar-refractivity contribution in [2.45, 2.75) is 51.6 Å². The molecule has 2 aliphatic heterocycles. The summed E-state index contributed by atoms with van der Waals surface area (Å²) in [7, 11) is 0. The van der Waals surface area contributed by atoms with E-state index in [9.17, 15) is 9.59 Å². The average molecular weight is 323 g/mol. The second-order valence-electron chi connectivity index (χ2n) is 7.32. The van der Waals surface area contributed by atoms with Crippen LogP contribution in [0.5, 0.6) is 0 Å². The first kappa shape index (κ1) is 16.7. The molecule has 1 aliphatic carbocycles. The average Bonchev–Trinajstić information content (AvgIpc) is 3.04. The van der Waals surface area contributed by atoms with Gasteiger partial charge < -0.3 is 15.0 Å². The van der Waals surface area contributed by atoms with Gasteiger partial charge in [0, 0.05) is 32.2 Å². The largest absolute Gasteiger partial charge is 0.379 e. The molecule has 1 unspecified atom stereocenters. The molecule has 3 aliphatic rings. The van der Waals surface area contributed by atoms with Crippen LogP contribution >= 0.6 is 0 Å². The molecule has 130 valence electrons. The van der Waals surface area contributed by atoms with Crippen LogP contribution in [0.25, 0.3) is 0 Å². The first-order valence-corrected chi connectivity index (χ1v) is 8.97. The maximum absolute atomic E-state index is 12.7. The van der Waals surface area contributed by atoms with Crippen molar-refractivity contribution in [2.75, 3.05) is 39.4 Å². The predicted molar refractivity (Wildman–Crippen MR) is 86.9 cm³/mol. The van der Waals surface area contributed by atoms with Crippen LogP contribution < -0.4 is 5.32 Å². The van der Waals surface area contributed by atoms with Gasteiger partial charge in [0.2, 0.25) is 11.8 Å². The van der Waals surface area contributed by atoms with Gasteiger partial charge in [0.15, 0.2) is 0 Å². The first-order valence-electron chi connectivity index (χ1n) is 8.97. The third-order valence-corrected chi connectivity index (χ3v) is 5.59. The molecule has 2 saturated heterocycles. The number of carbonyl (C=O) groups excluding carboxylic acids is 2. The first-order chi connectivity index (χ1) is 11.1. The van der Waals surface area contributed by atoms with E-state index in [-0.39, 0.29) is 23.9 Å². The normalized spacial score (nSPS) is 27.5.